The molecular formula is C14H15F3N2O4. The molecule has 0 radical (unpaired) electrons. The Bertz CT molecular complexity index is 585. The van der Waals surface area contributed by atoms with Crippen molar-refractivity contribution in [1.82, 2.24) is 5.32 Å². The van der Waals surface area contributed by atoms with E-state index in [0.717, 1.165) is 19.1 Å². The highest BCUT2D eigenvalue weighted by atomic mass is 19.4. The molecule has 6 nitrogen and oxygen atoms in total. The van der Waals surface area contributed by atoms with Crippen molar-refractivity contribution >= 4 is 17.8 Å². The van der Waals surface area contributed by atoms with Crippen LogP contribution in [-0.4, -0.2) is 30.4 Å². The Hall–Kier alpha value is -2.58. The van der Waals surface area contributed by atoms with Crippen LogP contribution < -0.4 is 11.1 Å². The maximum atomic E-state index is 12.5. The summed E-state index contributed by atoms with van der Waals surface area (Å²) in [7, 11) is 0. The Morgan fingerprint density at radius 1 is 1.22 bits per heavy atom. The van der Waals surface area contributed by atoms with Crippen molar-refractivity contribution in [2.45, 2.75) is 25.6 Å². The quantitative estimate of drug-likeness (QED) is 0.752. The first-order valence-corrected chi connectivity index (χ1v) is 6.47. The fourth-order valence-corrected chi connectivity index (χ4v) is 1.69. The third kappa shape index (κ3) is 6.37. The Balaban J connectivity index is 2.71. The Morgan fingerprint density at radius 2 is 1.78 bits per heavy atom. The molecule has 2 amide bonds. The van der Waals surface area contributed by atoms with Crippen molar-refractivity contribution in [2.24, 2.45) is 5.73 Å². The third-order valence-electron chi connectivity index (χ3n) is 2.81. The number of primary amides is 1. The Kier molecular flexibility index (Phi) is 6.11. The van der Waals surface area contributed by atoms with Crippen LogP contribution in [0.3, 0.4) is 0 Å². The first kappa shape index (κ1) is 18.5. The molecule has 1 rings (SSSR count). The van der Waals surface area contributed by atoms with E-state index in [4.69, 9.17) is 5.73 Å². The number of hydrogen-bond donors (Lipinski definition) is 2. The average Bonchev–Trinajstić information content (AvgIpc) is 2.44. The van der Waals surface area contributed by atoms with Crippen LogP contribution >= 0.6 is 0 Å². The van der Waals surface area contributed by atoms with Crippen LogP contribution in [0.2, 0.25) is 0 Å². The van der Waals surface area contributed by atoms with Crippen molar-refractivity contribution in [3.8, 4) is 0 Å². The molecule has 0 aliphatic rings. The van der Waals surface area contributed by atoms with Crippen molar-refractivity contribution in [1.29, 1.82) is 0 Å². The molecule has 126 valence electrons. The molecule has 0 spiro atoms. The fourth-order valence-electron chi connectivity index (χ4n) is 1.69. The Labute approximate surface area is 129 Å². The molecule has 9 heteroatoms. The van der Waals surface area contributed by atoms with Gasteiger partial charge in [0, 0.05) is 13.3 Å². The highest BCUT2D eigenvalue weighted by Gasteiger charge is 2.30. The summed E-state index contributed by atoms with van der Waals surface area (Å²) in [5.41, 5.74) is 4.71. The number of nitrogens with one attached hydrogen (secondary N) is 1. The number of hydrogen-bond acceptors (Lipinski definition) is 4. The van der Waals surface area contributed by atoms with Gasteiger partial charge in [-0.3, -0.25) is 14.4 Å². The lowest BCUT2D eigenvalue weighted by molar-refractivity contribution is -0.146. The number of carbonyl (C=O) groups is 3. The molecule has 0 saturated heterocycles. The van der Waals surface area contributed by atoms with Gasteiger partial charge in [-0.25, -0.2) is 0 Å². The maximum Gasteiger partial charge on any atom is 0.416 e. The van der Waals surface area contributed by atoms with Gasteiger partial charge in [0.1, 0.15) is 6.04 Å². The van der Waals surface area contributed by atoms with E-state index in [2.05, 4.69) is 10.1 Å². The molecule has 0 unspecified atom stereocenters. The smallest absolute Gasteiger partial charge is 0.416 e. The summed E-state index contributed by atoms with van der Waals surface area (Å²) in [5.74, 6) is -2.27. The zero-order chi connectivity index (χ0) is 17.6. The molecule has 1 aromatic rings. The highest BCUT2D eigenvalue weighted by molar-refractivity contribution is 5.88. The van der Waals surface area contributed by atoms with Crippen LogP contribution in [0.25, 0.3) is 0 Å². The summed E-state index contributed by atoms with van der Waals surface area (Å²) in [6, 6.07) is 2.99. The van der Waals surface area contributed by atoms with E-state index in [-0.39, 0.29) is 6.42 Å². The first-order chi connectivity index (χ1) is 10.6. The summed E-state index contributed by atoms with van der Waals surface area (Å²) >= 11 is 0. The molecule has 0 heterocycles. The van der Waals surface area contributed by atoms with Crippen LogP contribution in [0.1, 0.15) is 18.1 Å². The van der Waals surface area contributed by atoms with Crippen LogP contribution in [-0.2, 0) is 31.7 Å². The van der Waals surface area contributed by atoms with E-state index in [1.807, 2.05) is 0 Å². The second-order valence-electron chi connectivity index (χ2n) is 4.70. The number of halogens is 3. The molecule has 1 aromatic carbocycles. The molecule has 0 aliphatic heterocycles. The van der Waals surface area contributed by atoms with E-state index in [0.29, 0.717) is 5.56 Å². The number of amides is 2. The largest absolute Gasteiger partial charge is 0.456 e. The van der Waals surface area contributed by atoms with Crippen molar-refractivity contribution < 1.29 is 32.3 Å². The predicted octanol–water partition coefficient (Wildman–Crippen LogP) is 0.781. The van der Waals surface area contributed by atoms with Gasteiger partial charge in [0.15, 0.2) is 6.61 Å². The second-order valence-corrected chi connectivity index (χ2v) is 4.70. The van der Waals surface area contributed by atoms with Crippen LogP contribution in [0, 0.1) is 0 Å². The van der Waals surface area contributed by atoms with Gasteiger partial charge in [0.05, 0.1) is 5.56 Å². The second kappa shape index (κ2) is 7.61. The summed E-state index contributed by atoms with van der Waals surface area (Å²) in [6.45, 7) is 0.535. The minimum Gasteiger partial charge on any atom is -0.456 e. The number of alkyl halides is 3. The molecule has 0 aromatic heterocycles. The lowest BCUT2D eigenvalue weighted by Gasteiger charge is -2.16. The van der Waals surface area contributed by atoms with Gasteiger partial charge in [0.25, 0.3) is 5.91 Å². The number of carbonyl (C=O) groups excluding carboxylic acids is 3. The van der Waals surface area contributed by atoms with Gasteiger partial charge in [0.2, 0.25) is 5.91 Å². The SMILES string of the molecule is CC(=O)OCC(=O)N[C@H](Cc1ccc(C(F)(F)F)cc1)C(N)=O. The van der Waals surface area contributed by atoms with Gasteiger partial charge in [-0.2, -0.15) is 13.2 Å². The van der Waals surface area contributed by atoms with Crippen LogP contribution in [0.4, 0.5) is 13.2 Å². The standard InChI is InChI=1S/C14H15F3N2O4/c1-8(20)23-7-12(21)19-11(13(18)22)6-9-2-4-10(5-3-9)14(15,16)17/h2-5,11H,6-7H2,1H3,(H2,18,22)(H,19,21)/t11-/m1/s1. The van der Waals surface area contributed by atoms with Crippen LogP contribution in [0.15, 0.2) is 24.3 Å². The minimum atomic E-state index is -4.46. The fraction of sp³-hybridized carbons (Fsp3) is 0.357. The lowest BCUT2D eigenvalue weighted by Crippen LogP contribution is -2.47. The number of nitrogens with two attached hydrogens (primary N) is 1. The molecule has 3 N–H and O–H groups in total. The van der Waals surface area contributed by atoms with Gasteiger partial charge in [-0.15, -0.1) is 0 Å². The van der Waals surface area contributed by atoms with E-state index in [9.17, 15) is 27.6 Å². The van der Waals surface area contributed by atoms with E-state index >= 15 is 0 Å². The molecule has 0 bridgehead atoms. The first-order valence-electron chi connectivity index (χ1n) is 6.47. The zero-order valence-electron chi connectivity index (χ0n) is 12.1. The molecule has 23 heavy (non-hydrogen) atoms. The normalized spacial score (nSPS) is 12.3. The summed E-state index contributed by atoms with van der Waals surface area (Å²) in [5, 5.41) is 2.25. The summed E-state index contributed by atoms with van der Waals surface area (Å²) < 4.78 is 41.8. The van der Waals surface area contributed by atoms with Crippen molar-refractivity contribution in [3.63, 3.8) is 0 Å². The number of rotatable bonds is 6. The van der Waals surface area contributed by atoms with Gasteiger partial charge < -0.3 is 15.8 Å². The number of benzene rings is 1. The predicted molar refractivity (Wildman–Crippen MR) is 72.9 cm³/mol. The highest BCUT2D eigenvalue weighted by Crippen LogP contribution is 2.29. The molecular weight excluding hydrogens is 317 g/mol. The number of esters is 1. The molecule has 1 atom stereocenters. The molecule has 0 aliphatic carbocycles. The van der Waals surface area contributed by atoms with Crippen LogP contribution in [0.5, 0.6) is 0 Å². The van der Waals surface area contributed by atoms with E-state index < -0.39 is 42.2 Å². The van der Waals surface area contributed by atoms with E-state index in [1.165, 1.54) is 12.1 Å². The molecule has 0 saturated carbocycles. The zero-order valence-corrected chi connectivity index (χ0v) is 12.1. The maximum absolute atomic E-state index is 12.5. The topological polar surface area (TPSA) is 98.5 Å². The minimum absolute atomic E-state index is 0.0840. The summed E-state index contributed by atoms with van der Waals surface area (Å²) in [4.78, 5) is 33.4. The van der Waals surface area contributed by atoms with Gasteiger partial charge in [-0.1, -0.05) is 12.1 Å². The van der Waals surface area contributed by atoms with Gasteiger partial charge >= 0.3 is 12.1 Å². The summed E-state index contributed by atoms with van der Waals surface area (Å²) in [6.07, 6.45) is -4.54. The van der Waals surface area contributed by atoms with E-state index in [1.54, 1.807) is 0 Å². The van der Waals surface area contributed by atoms with Crippen molar-refractivity contribution in [2.75, 3.05) is 6.61 Å². The third-order valence-corrected chi connectivity index (χ3v) is 2.81. The Morgan fingerprint density at radius 3 is 2.22 bits per heavy atom. The lowest BCUT2D eigenvalue weighted by atomic mass is 10.0. The average molecular weight is 332 g/mol. The monoisotopic (exact) mass is 332 g/mol. The van der Waals surface area contributed by atoms with Gasteiger partial charge in [-0.05, 0) is 17.7 Å². The van der Waals surface area contributed by atoms with Crippen molar-refractivity contribution in [3.05, 3.63) is 35.4 Å². The number of ether oxygens (including phenoxy) is 1. The molecule has 0 fully saturated rings.